The predicted molar refractivity (Wildman–Crippen MR) is 122 cm³/mol. The smallest absolute Gasteiger partial charge is 0.232 e. The predicted octanol–water partition coefficient (Wildman–Crippen LogP) is 4.68. The Morgan fingerprint density at radius 2 is 1.90 bits per heavy atom. The maximum absolute atomic E-state index is 11.9. The summed E-state index contributed by atoms with van der Waals surface area (Å²) in [5.74, 6) is 0.592. The van der Waals surface area contributed by atoms with Crippen LogP contribution in [0.25, 0.3) is 0 Å². The van der Waals surface area contributed by atoms with E-state index in [9.17, 15) is 8.42 Å². The molecule has 1 N–H and O–H groups in total. The molecule has 0 amide bonds. The second-order valence-corrected chi connectivity index (χ2v) is 10.6. The highest BCUT2D eigenvalue weighted by Gasteiger charge is 2.37. The van der Waals surface area contributed by atoms with Gasteiger partial charge in [-0.3, -0.25) is 4.72 Å². The number of anilines is 1. The number of aryl methyl sites for hydroxylation is 1. The summed E-state index contributed by atoms with van der Waals surface area (Å²) in [6.45, 7) is 9.60. The molecule has 4 nitrogen and oxygen atoms in total. The molecule has 1 aliphatic rings. The number of likely N-dealkylation sites (tertiary alicyclic amines) is 1. The van der Waals surface area contributed by atoms with Crippen molar-refractivity contribution in [1.29, 1.82) is 0 Å². The van der Waals surface area contributed by atoms with Crippen LogP contribution in [-0.4, -0.2) is 38.7 Å². The number of nitrogens with zero attached hydrogens (tertiary/aromatic N) is 1. The number of piperidine rings is 1. The van der Waals surface area contributed by atoms with Crippen molar-refractivity contribution >= 4 is 15.7 Å². The molecule has 1 saturated heterocycles. The Bertz CT molecular complexity index is 898. The lowest BCUT2D eigenvalue weighted by Crippen LogP contribution is -2.47. The van der Waals surface area contributed by atoms with Crippen molar-refractivity contribution in [1.82, 2.24) is 4.90 Å². The average molecular weight is 415 g/mol. The molecule has 5 heteroatoms. The fraction of sp³-hybridized carbons (Fsp3) is 0.500. The number of benzene rings is 2. The topological polar surface area (TPSA) is 49.4 Å². The van der Waals surface area contributed by atoms with Gasteiger partial charge < -0.3 is 4.90 Å². The molecule has 2 aromatic carbocycles. The second kappa shape index (κ2) is 9.31. The zero-order valence-electron chi connectivity index (χ0n) is 17.9. The third-order valence-corrected chi connectivity index (χ3v) is 7.83. The van der Waals surface area contributed by atoms with Crippen LogP contribution in [0.5, 0.6) is 0 Å². The minimum absolute atomic E-state index is 0.0591. The summed E-state index contributed by atoms with van der Waals surface area (Å²) in [6, 6.07) is 18.7. The molecule has 0 saturated carbocycles. The first kappa shape index (κ1) is 21.8. The highest BCUT2D eigenvalue weighted by molar-refractivity contribution is 7.92. The fourth-order valence-corrected chi connectivity index (χ4v) is 4.92. The normalized spacial score (nSPS) is 23.1. The molecule has 2 aromatic rings. The lowest BCUT2D eigenvalue weighted by Gasteiger charge is -2.45. The van der Waals surface area contributed by atoms with Gasteiger partial charge >= 0.3 is 0 Å². The van der Waals surface area contributed by atoms with Gasteiger partial charge in [0, 0.05) is 12.2 Å². The van der Waals surface area contributed by atoms with E-state index in [1.54, 1.807) is 6.92 Å². The molecule has 1 fully saturated rings. The molecule has 2 atom stereocenters. The van der Waals surface area contributed by atoms with Gasteiger partial charge in [-0.25, -0.2) is 8.42 Å². The van der Waals surface area contributed by atoms with Crippen molar-refractivity contribution in [3.8, 4) is 0 Å². The van der Waals surface area contributed by atoms with Gasteiger partial charge in [0.05, 0.1) is 5.75 Å². The molecular weight excluding hydrogens is 380 g/mol. The van der Waals surface area contributed by atoms with E-state index in [4.69, 9.17) is 0 Å². The first-order valence-corrected chi connectivity index (χ1v) is 12.3. The Labute approximate surface area is 176 Å². The van der Waals surface area contributed by atoms with Gasteiger partial charge in [-0.2, -0.15) is 0 Å². The number of hydrogen-bond acceptors (Lipinski definition) is 3. The molecule has 0 spiro atoms. The monoisotopic (exact) mass is 414 g/mol. The van der Waals surface area contributed by atoms with Crippen molar-refractivity contribution in [3.05, 3.63) is 65.7 Å². The Balaban J connectivity index is 1.60. The quantitative estimate of drug-likeness (QED) is 0.682. The lowest BCUT2D eigenvalue weighted by molar-refractivity contribution is 0.110. The van der Waals surface area contributed by atoms with Gasteiger partial charge in [-0.05, 0) is 73.9 Å². The summed E-state index contributed by atoms with van der Waals surface area (Å²) in [5, 5.41) is 0. The van der Waals surface area contributed by atoms with E-state index in [-0.39, 0.29) is 11.2 Å². The SMILES string of the molecule is CCS(=O)(=O)Nc1cccc(C2(C)CCN(CCCc3ccccc3)CC2C)c1. The van der Waals surface area contributed by atoms with Crippen LogP contribution in [0.1, 0.15) is 44.7 Å². The molecule has 3 rings (SSSR count). The molecule has 2 unspecified atom stereocenters. The van der Waals surface area contributed by atoms with Gasteiger partial charge in [-0.15, -0.1) is 0 Å². The van der Waals surface area contributed by atoms with Crippen molar-refractivity contribution in [2.24, 2.45) is 5.92 Å². The number of nitrogens with one attached hydrogen (secondary N) is 1. The van der Waals surface area contributed by atoms with Crippen LogP contribution in [0.3, 0.4) is 0 Å². The van der Waals surface area contributed by atoms with Crippen molar-refractivity contribution in [2.45, 2.75) is 45.4 Å². The van der Waals surface area contributed by atoms with Crippen LogP contribution >= 0.6 is 0 Å². The largest absolute Gasteiger partial charge is 0.303 e. The van der Waals surface area contributed by atoms with E-state index < -0.39 is 10.0 Å². The van der Waals surface area contributed by atoms with Crippen molar-refractivity contribution < 1.29 is 8.42 Å². The van der Waals surface area contributed by atoms with Gasteiger partial charge in [0.15, 0.2) is 0 Å². The molecule has 1 heterocycles. The van der Waals surface area contributed by atoms with Crippen molar-refractivity contribution in [2.75, 3.05) is 30.1 Å². The Morgan fingerprint density at radius 3 is 2.59 bits per heavy atom. The zero-order valence-corrected chi connectivity index (χ0v) is 18.7. The zero-order chi connectivity index (χ0) is 20.9. The van der Waals surface area contributed by atoms with E-state index >= 15 is 0 Å². The first-order valence-electron chi connectivity index (χ1n) is 10.7. The van der Waals surface area contributed by atoms with Gasteiger partial charge in [0.25, 0.3) is 0 Å². The minimum atomic E-state index is -3.25. The van der Waals surface area contributed by atoms with E-state index in [0.29, 0.717) is 11.6 Å². The Morgan fingerprint density at radius 1 is 1.14 bits per heavy atom. The second-order valence-electron chi connectivity index (χ2n) is 8.54. The molecule has 1 aliphatic heterocycles. The Kier molecular flexibility index (Phi) is 7.01. The summed E-state index contributed by atoms with van der Waals surface area (Å²) in [7, 11) is -3.25. The maximum atomic E-state index is 11.9. The maximum Gasteiger partial charge on any atom is 0.232 e. The molecule has 158 valence electrons. The standard InChI is InChI=1S/C24H34N2O2S/c1-4-29(27,28)25-23-14-8-13-22(18-23)24(3)15-17-26(19-20(24)2)16-9-12-21-10-6-5-7-11-21/h5-8,10-11,13-14,18,20,25H,4,9,12,15-17,19H2,1-3H3. The summed E-state index contributed by atoms with van der Waals surface area (Å²) in [4.78, 5) is 2.58. The van der Waals surface area contributed by atoms with E-state index in [1.807, 2.05) is 18.2 Å². The van der Waals surface area contributed by atoms with Crippen LogP contribution in [0.2, 0.25) is 0 Å². The average Bonchev–Trinajstić information content (AvgIpc) is 2.71. The summed E-state index contributed by atoms with van der Waals surface area (Å²) in [5.41, 5.74) is 3.37. The van der Waals surface area contributed by atoms with E-state index in [0.717, 1.165) is 32.5 Å². The lowest BCUT2D eigenvalue weighted by atomic mass is 9.68. The molecule has 0 aliphatic carbocycles. The van der Waals surface area contributed by atoms with Gasteiger partial charge in [0.2, 0.25) is 10.0 Å². The van der Waals surface area contributed by atoms with Crippen LogP contribution in [0, 0.1) is 5.92 Å². The molecule has 0 radical (unpaired) electrons. The van der Waals surface area contributed by atoms with Crippen molar-refractivity contribution in [3.63, 3.8) is 0 Å². The minimum Gasteiger partial charge on any atom is -0.303 e. The van der Waals surface area contributed by atoms with Gasteiger partial charge in [0.1, 0.15) is 0 Å². The van der Waals surface area contributed by atoms with Crippen LogP contribution in [0.15, 0.2) is 54.6 Å². The Hall–Kier alpha value is -1.85. The summed E-state index contributed by atoms with van der Waals surface area (Å²) in [6.07, 6.45) is 3.40. The van der Waals surface area contributed by atoms with Crippen LogP contribution < -0.4 is 4.72 Å². The molecular formula is C24H34N2O2S. The van der Waals surface area contributed by atoms with E-state index in [2.05, 4.69) is 59.9 Å². The molecule has 29 heavy (non-hydrogen) atoms. The van der Waals surface area contributed by atoms with Crippen LogP contribution in [-0.2, 0) is 21.9 Å². The highest BCUT2D eigenvalue weighted by atomic mass is 32.2. The van der Waals surface area contributed by atoms with Gasteiger partial charge in [-0.1, -0.05) is 56.3 Å². The molecule has 0 aromatic heterocycles. The summed E-state index contributed by atoms with van der Waals surface area (Å²) >= 11 is 0. The van der Waals surface area contributed by atoms with Crippen LogP contribution in [0.4, 0.5) is 5.69 Å². The first-order chi connectivity index (χ1) is 13.8. The number of sulfonamides is 1. The molecule has 0 bridgehead atoms. The highest BCUT2D eigenvalue weighted by Crippen LogP contribution is 2.40. The summed E-state index contributed by atoms with van der Waals surface area (Å²) < 4.78 is 26.6. The third-order valence-electron chi connectivity index (χ3n) is 6.53. The number of hydrogen-bond donors (Lipinski definition) is 1. The fourth-order valence-electron chi connectivity index (χ4n) is 4.29. The number of rotatable bonds is 8. The third kappa shape index (κ3) is 5.61. The van der Waals surface area contributed by atoms with E-state index in [1.165, 1.54) is 17.5 Å².